The van der Waals surface area contributed by atoms with E-state index in [1.807, 2.05) is 19.2 Å². The van der Waals surface area contributed by atoms with Gasteiger partial charge in [-0.25, -0.2) is 0 Å². The van der Waals surface area contributed by atoms with E-state index in [-0.39, 0.29) is 11.4 Å². The maximum atomic E-state index is 12.5. The van der Waals surface area contributed by atoms with Gasteiger partial charge < -0.3 is 16.0 Å². The lowest BCUT2D eigenvalue weighted by Crippen LogP contribution is -2.35. The molecule has 2 unspecified atom stereocenters. The average molecular weight is 313 g/mol. The molecule has 1 aliphatic heterocycles. The van der Waals surface area contributed by atoms with Crippen molar-refractivity contribution in [2.45, 2.75) is 51.6 Å². The van der Waals surface area contributed by atoms with Crippen LogP contribution in [0, 0.1) is 5.92 Å². The molecule has 1 aliphatic carbocycles. The van der Waals surface area contributed by atoms with E-state index in [4.69, 9.17) is 5.73 Å². The molecule has 4 heteroatoms. The first-order valence-corrected chi connectivity index (χ1v) is 8.46. The third-order valence-electron chi connectivity index (χ3n) is 5.62. The largest absolute Gasteiger partial charge is 0.397 e. The van der Waals surface area contributed by atoms with Gasteiger partial charge in [-0.1, -0.05) is 12.2 Å². The van der Waals surface area contributed by atoms with Crippen molar-refractivity contribution in [1.29, 1.82) is 0 Å². The van der Waals surface area contributed by atoms with Gasteiger partial charge in [0.1, 0.15) is 0 Å². The van der Waals surface area contributed by atoms with Crippen LogP contribution in [0.2, 0.25) is 0 Å². The van der Waals surface area contributed by atoms with Crippen LogP contribution in [0.25, 0.3) is 0 Å². The third-order valence-corrected chi connectivity index (χ3v) is 5.62. The Morgan fingerprint density at radius 3 is 2.74 bits per heavy atom. The number of amides is 1. The fraction of sp³-hybridized carbons (Fsp3) is 0.526. The van der Waals surface area contributed by atoms with E-state index in [9.17, 15) is 4.79 Å². The first-order valence-electron chi connectivity index (χ1n) is 8.46. The molecule has 1 amide bonds. The molecule has 2 atom stereocenters. The summed E-state index contributed by atoms with van der Waals surface area (Å²) in [5.41, 5.74) is 9.35. The summed E-state index contributed by atoms with van der Waals surface area (Å²) in [7, 11) is 1.85. The molecule has 4 nitrogen and oxygen atoms in total. The summed E-state index contributed by atoms with van der Waals surface area (Å²) in [6.07, 6.45) is 7.97. The number of benzene rings is 1. The number of fused-ring (bicyclic) bond motifs is 1. The Balaban J connectivity index is 1.88. The van der Waals surface area contributed by atoms with Gasteiger partial charge in [-0.2, -0.15) is 0 Å². The zero-order chi connectivity index (χ0) is 16.8. The first-order chi connectivity index (χ1) is 10.8. The molecule has 0 spiro atoms. The maximum Gasteiger partial charge on any atom is 0.254 e. The Morgan fingerprint density at radius 2 is 2.09 bits per heavy atom. The van der Waals surface area contributed by atoms with E-state index in [1.54, 1.807) is 4.90 Å². The Hall–Kier alpha value is -1.97. The number of nitrogens with one attached hydrogen (secondary N) is 1. The van der Waals surface area contributed by atoms with Crippen LogP contribution in [-0.4, -0.2) is 23.9 Å². The number of anilines is 2. The summed E-state index contributed by atoms with van der Waals surface area (Å²) >= 11 is 0. The van der Waals surface area contributed by atoms with Gasteiger partial charge in [-0.05, 0) is 63.6 Å². The van der Waals surface area contributed by atoms with E-state index in [0.717, 1.165) is 35.3 Å². The topological polar surface area (TPSA) is 58.4 Å². The monoisotopic (exact) mass is 313 g/mol. The number of carbonyl (C=O) groups is 1. The van der Waals surface area contributed by atoms with Crippen molar-refractivity contribution in [1.82, 2.24) is 4.90 Å². The molecule has 0 radical (unpaired) electrons. The maximum absolute atomic E-state index is 12.5. The molecule has 23 heavy (non-hydrogen) atoms. The van der Waals surface area contributed by atoms with Crippen molar-refractivity contribution in [2.75, 3.05) is 18.1 Å². The zero-order valence-electron chi connectivity index (χ0n) is 14.5. The summed E-state index contributed by atoms with van der Waals surface area (Å²) in [6, 6.07) is 4.24. The number of carbonyl (C=O) groups excluding carboxylic acids is 1. The second-order valence-electron chi connectivity index (χ2n) is 7.39. The summed E-state index contributed by atoms with van der Waals surface area (Å²) in [5.74, 6) is 0.684. The van der Waals surface area contributed by atoms with Crippen molar-refractivity contribution in [3.8, 4) is 0 Å². The third kappa shape index (κ3) is 2.60. The van der Waals surface area contributed by atoms with E-state index >= 15 is 0 Å². The van der Waals surface area contributed by atoms with Crippen LogP contribution >= 0.6 is 0 Å². The molecule has 0 bridgehead atoms. The predicted molar refractivity (Wildman–Crippen MR) is 95.5 cm³/mol. The smallest absolute Gasteiger partial charge is 0.254 e. The van der Waals surface area contributed by atoms with Crippen LogP contribution in [0.3, 0.4) is 0 Å². The molecule has 0 saturated carbocycles. The van der Waals surface area contributed by atoms with Crippen LogP contribution in [0.1, 0.15) is 56.0 Å². The van der Waals surface area contributed by atoms with Crippen LogP contribution < -0.4 is 11.1 Å². The number of nitrogens with two attached hydrogens (primary N) is 1. The summed E-state index contributed by atoms with van der Waals surface area (Å²) in [5, 5.41) is 3.54. The van der Waals surface area contributed by atoms with Crippen LogP contribution in [0.5, 0.6) is 0 Å². The fourth-order valence-corrected chi connectivity index (χ4v) is 3.67. The molecule has 3 rings (SSSR count). The number of rotatable bonds is 3. The summed E-state index contributed by atoms with van der Waals surface area (Å²) in [6.45, 7) is 6.31. The highest BCUT2D eigenvalue weighted by atomic mass is 16.2. The Labute approximate surface area is 138 Å². The van der Waals surface area contributed by atoms with Crippen molar-refractivity contribution in [2.24, 2.45) is 5.92 Å². The Bertz CT molecular complexity index is 663. The van der Waals surface area contributed by atoms with Gasteiger partial charge in [0.15, 0.2) is 0 Å². The van der Waals surface area contributed by atoms with Gasteiger partial charge in [0.2, 0.25) is 0 Å². The van der Waals surface area contributed by atoms with Gasteiger partial charge in [0.25, 0.3) is 5.91 Å². The second-order valence-corrected chi connectivity index (χ2v) is 7.39. The van der Waals surface area contributed by atoms with E-state index < -0.39 is 0 Å². The zero-order valence-corrected chi connectivity index (χ0v) is 14.5. The Kier molecular flexibility index (Phi) is 3.86. The molecule has 0 fully saturated rings. The van der Waals surface area contributed by atoms with Crippen molar-refractivity contribution >= 4 is 17.3 Å². The van der Waals surface area contributed by atoms with Crippen molar-refractivity contribution < 1.29 is 4.79 Å². The van der Waals surface area contributed by atoms with E-state index in [2.05, 4.69) is 38.2 Å². The molecule has 0 saturated heterocycles. The predicted octanol–water partition coefficient (Wildman–Crippen LogP) is 3.75. The molecule has 1 aromatic carbocycles. The van der Waals surface area contributed by atoms with Gasteiger partial charge >= 0.3 is 0 Å². The standard InChI is InChI=1S/C19H27N3O/c1-12(13-8-6-5-7-9-13)21-17-10-14-15(11-16(17)20)19(2,3)22(4)18(14)23/h5-6,10-13,21H,7-9,20H2,1-4H3. The van der Waals surface area contributed by atoms with Crippen LogP contribution in [-0.2, 0) is 5.54 Å². The number of nitrogen functional groups attached to an aromatic ring is 1. The highest BCUT2D eigenvalue weighted by Gasteiger charge is 2.41. The highest BCUT2D eigenvalue weighted by molar-refractivity contribution is 6.01. The molecule has 0 aromatic heterocycles. The number of hydrogen-bond acceptors (Lipinski definition) is 3. The van der Waals surface area contributed by atoms with Gasteiger partial charge in [-0.15, -0.1) is 0 Å². The second kappa shape index (κ2) is 5.59. The van der Waals surface area contributed by atoms with E-state index in [1.165, 1.54) is 6.42 Å². The normalized spacial score (nSPS) is 23.7. The van der Waals surface area contributed by atoms with Gasteiger partial charge in [-0.3, -0.25) is 4.79 Å². The minimum Gasteiger partial charge on any atom is -0.397 e. The lowest BCUT2D eigenvalue weighted by molar-refractivity contribution is 0.0691. The number of hydrogen-bond donors (Lipinski definition) is 2. The lowest BCUT2D eigenvalue weighted by atomic mass is 9.88. The molecule has 1 heterocycles. The minimum atomic E-state index is -0.307. The highest BCUT2D eigenvalue weighted by Crippen LogP contribution is 2.41. The first kappa shape index (κ1) is 15.9. The van der Waals surface area contributed by atoms with Crippen LogP contribution in [0.4, 0.5) is 11.4 Å². The minimum absolute atomic E-state index is 0.0707. The molecular weight excluding hydrogens is 286 g/mol. The van der Waals surface area contributed by atoms with Crippen molar-refractivity contribution in [3.05, 3.63) is 35.4 Å². The number of nitrogens with zero attached hydrogens (tertiary/aromatic N) is 1. The van der Waals surface area contributed by atoms with Crippen LogP contribution in [0.15, 0.2) is 24.3 Å². The average Bonchev–Trinajstić information content (AvgIpc) is 2.70. The molecular formula is C19H27N3O. The molecule has 124 valence electrons. The quantitative estimate of drug-likeness (QED) is 0.660. The molecule has 2 aliphatic rings. The Morgan fingerprint density at radius 1 is 1.35 bits per heavy atom. The summed E-state index contributed by atoms with van der Waals surface area (Å²) in [4.78, 5) is 14.3. The molecule has 3 N–H and O–H groups in total. The fourth-order valence-electron chi connectivity index (χ4n) is 3.67. The van der Waals surface area contributed by atoms with Gasteiger partial charge in [0, 0.05) is 18.7 Å². The number of allylic oxidation sites excluding steroid dienone is 2. The summed E-state index contributed by atoms with van der Waals surface area (Å²) < 4.78 is 0. The molecule has 1 aromatic rings. The van der Waals surface area contributed by atoms with E-state index in [0.29, 0.717) is 12.0 Å². The van der Waals surface area contributed by atoms with Gasteiger partial charge in [0.05, 0.1) is 16.9 Å². The lowest BCUT2D eigenvalue weighted by Gasteiger charge is -2.29. The SMILES string of the molecule is CC(Nc1cc2c(cc1N)C(C)(C)N(C)C2=O)C1CC=CCC1. The van der Waals surface area contributed by atoms with Crippen molar-refractivity contribution in [3.63, 3.8) is 0 Å².